The van der Waals surface area contributed by atoms with Gasteiger partial charge < -0.3 is 15.4 Å². The molecule has 2 heterocycles. The molecule has 0 saturated carbocycles. The summed E-state index contributed by atoms with van der Waals surface area (Å²) < 4.78 is 20.6. The molecule has 1 saturated heterocycles. The van der Waals surface area contributed by atoms with Crippen molar-refractivity contribution in [1.82, 2.24) is 9.78 Å². The molecule has 0 spiro atoms. The molecule has 0 atom stereocenters. The predicted octanol–water partition coefficient (Wildman–Crippen LogP) is 3.09. The summed E-state index contributed by atoms with van der Waals surface area (Å²) in [6.45, 7) is 2.39. The number of halogens is 1. The van der Waals surface area contributed by atoms with E-state index in [0.29, 0.717) is 11.6 Å². The molecule has 122 valence electrons. The Morgan fingerprint density at radius 3 is 2.87 bits per heavy atom. The minimum atomic E-state index is -0.499. The zero-order valence-corrected chi connectivity index (χ0v) is 12.7. The lowest BCUT2D eigenvalue weighted by Crippen LogP contribution is -2.21. The summed E-state index contributed by atoms with van der Waals surface area (Å²) in [6.07, 6.45) is 5.41. The second kappa shape index (κ2) is 7.23. The van der Waals surface area contributed by atoms with E-state index in [4.69, 9.17) is 4.74 Å². The molecule has 7 heteroatoms. The van der Waals surface area contributed by atoms with E-state index in [1.807, 2.05) is 4.68 Å². The number of ether oxygens (including phenoxy) is 1. The zero-order chi connectivity index (χ0) is 16.1. The molecule has 1 fully saturated rings. The number of carbonyl (C=O) groups excluding carboxylic acids is 1. The fourth-order valence-electron chi connectivity index (χ4n) is 2.57. The van der Waals surface area contributed by atoms with Crippen LogP contribution >= 0.6 is 0 Å². The monoisotopic (exact) mass is 318 g/mol. The smallest absolute Gasteiger partial charge is 0.323 e. The van der Waals surface area contributed by atoms with Gasteiger partial charge in [0.2, 0.25) is 0 Å². The molecular weight excluding hydrogens is 299 g/mol. The molecule has 2 N–H and O–H groups in total. The summed E-state index contributed by atoms with van der Waals surface area (Å²) in [6, 6.07) is 5.52. The highest BCUT2D eigenvalue weighted by Gasteiger charge is 2.15. The van der Waals surface area contributed by atoms with E-state index in [9.17, 15) is 9.18 Å². The third-order valence-electron chi connectivity index (χ3n) is 3.80. The summed E-state index contributed by atoms with van der Waals surface area (Å²) in [4.78, 5) is 11.9. The van der Waals surface area contributed by atoms with Crippen LogP contribution in [0.3, 0.4) is 0 Å². The highest BCUT2D eigenvalue weighted by molar-refractivity contribution is 5.99. The predicted molar refractivity (Wildman–Crippen MR) is 84.8 cm³/mol. The summed E-state index contributed by atoms with van der Waals surface area (Å²) in [7, 11) is 0. The number of nitrogens with one attached hydrogen (secondary N) is 2. The van der Waals surface area contributed by atoms with Gasteiger partial charge in [-0.2, -0.15) is 5.10 Å². The summed E-state index contributed by atoms with van der Waals surface area (Å²) in [5, 5.41) is 9.37. The maximum atomic E-state index is 13.5. The van der Waals surface area contributed by atoms with E-state index < -0.39 is 11.8 Å². The Morgan fingerprint density at radius 1 is 1.30 bits per heavy atom. The molecule has 0 radical (unpaired) electrons. The lowest BCUT2D eigenvalue weighted by Gasteiger charge is -2.21. The second-order valence-electron chi connectivity index (χ2n) is 5.57. The molecular formula is C16H19FN4O2. The van der Waals surface area contributed by atoms with Gasteiger partial charge in [0.1, 0.15) is 5.82 Å². The third-order valence-corrected chi connectivity index (χ3v) is 3.80. The van der Waals surface area contributed by atoms with Gasteiger partial charge in [-0.15, -0.1) is 0 Å². The van der Waals surface area contributed by atoms with E-state index >= 15 is 0 Å². The van der Waals surface area contributed by atoms with Crippen LogP contribution in [0.4, 0.5) is 20.6 Å². The minimum Gasteiger partial charge on any atom is -0.381 e. The Hall–Kier alpha value is -2.41. The quantitative estimate of drug-likeness (QED) is 0.910. The van der Waals surface area contributed by atoms with E-state index in [1.165, 1.54) is 12.1 Å². The minimum absolute atomic E-state index is 0.139. The van der Waals surface area contributed by atoms with Crippen molar-refractivity contribution >= 4 is 17.4 Å². The Morgan fingerprint density at radius 2 is 2.09 bits per heavy atom. The van der Waals surface area contributed by atoms with Crippen LogP contribution in [-0.4, -0.2) is 29.0 Å². The number of anilines is 2. The maximum absolute atomic E-state index is 13.5. The van der Waals surface area contributed by atoms with Crippen LogP contribution in [0, 0.1) is 11.7 Å². The number of rotatable bonds is 4. The topological polar surface area (TPSA) is 68.2 Å². The number of urea groups is 1. The molecule has 1 aromatic carbocycles. The van der Waals surface area contributed by atoms with Gasteiger partial charge in [-0.3, -0.25) is 4.68 Å². The molecule has 0 aliphatic carbocycles. The lowest BCUT2D eigenvalue weighted by molar-refractivity contribution is 0.0601. The number of hydrogen-bond acceptors (Lipinski definition) is 3. The maximum Gasteiger partial charge on any atom is 0.323 e. The highest BCUT2D eigenvalue weighted by Crippen LogP contribution is 2.18. The standard InChI is InChI=1S/C16H19FN4O2/c17-14-3-1-2-4-15(14)20-16(22)19-13-9-18-21(11-13)10-12-5-7-23-8-6-12/h1-4,9,11-12H,5-8,10H2,(H2,19,20,22). The van der Waals surface area contributed by atoms with E-state index in [0.717, 1.165) is 32.6 Å². The second-order valence-corrected chi connectivity index (χ2v) is 5.57. The first-order valence-electron chi connectivity index (χ1n) is 7.63. The van der Waals surface area contributed by atoms with Crippen LogP contribution in [0.2, 0.25) is 0 Å². The molecule has 3 rings (SSSR count). The first-order valence-corrected chi connectivity index (χ1v) is 7.63. The fraction of sp³-hybridized carbons (Fsp3) is 0.375. The van der Waals surface area contributed by atoms with E-state index in [-0.39, 0.29) is 5.69 Å². The van der Waals surface area contributed by atoms with Gasteiger partial charge >= 0.3 is 6.03 Å². The van der Waals surface area contributed by atoms with Gasteiger partial charge in [0.15, 0.2) is 0 Å². The highest BCUT2D eigenvalue weighted by atomic mass is 19.1. The van der Waals surface area contributed by atoms with Crippen molar-refractivity contribution < 1.29 is 13.9 Å². The van der Waals surface area contributed by atoms with Crippen LogP contribution in [0.15, 0.2) is 36.7 Å². The average Bonchev–Trinajstić information content (AvgIpc) is 2.97. The number of hydrogen-bond donors (Lipinski definition) is 2. The van der Waals surface area contributed by atoms with Gasteiger partial charge in [-0.25, -0.2) is 9.18 Å². The molecule has 6 nitrogen and oxygen atoms in total. The Balaban J connectivity index is 1.54. The molecule has 1 aliphatic rings. The van der Waals surface area contributed by atoms with Crippen LogP contribution in [0.1, 0.15) is 12.8 Å². The third kappa shape index (κ3) is 4.29. The molecule has 1 aromatic heterocycles. The molecule has 0 unspecified atom stereocenters. The first-order chi connectivity index (χ1) is 11.2. The van der Waals surface area contributed by atoms with E-state index in [2.05, 4.69) is 15.7 Å². The summed E-state index contributed by atoms with van der Waals surface area (Å²) in [5.74, 6) is 0.0709. The van der Waals surface area contributed by atoms with Crippen molar-refractivity contribution in [3.63, 3.8) is 0 Å². The van der Waals surface area contributed by atoms with Gasteiger partial charge in [0.25, 0.3) is 0 Å². The molecule has 0 bridgehead atoms. The van der Waals surface area contributed by atoms with Crippen LogP contribution in [0.25, 0.3) is 0 Å². The first kappa shape index (κ1) is 15.5. The van der Waals surface area contributed by atoms with Crippen LogP contribution < -0.4 is 10.6 Å². The van der Waals surface area contributed by atoms with Crippen molar-refractivity contribution in [3.8, 4) is 0 Å². The summed E-state index contributed by atoms with van der Waals surface area (Å²) in [5.41, 5.74) is 0.713. The van der Waals surface area contributed by atoms with Gasteiger partial charge in [-0.1, -0.05) is 12.1 Å². The fourth-order valence-corrected chi connectivity index (χ4v) is 2.57. The lowest BCUT2D eigenvalue weighted by atomic mass is 10.0. The number of para-hydroxylation sites is 1. The average molecular weight is 318 g/mol. The van der Waals surface area contributed by atoms with Crippen molar-refractivity contribution in [2.45, 2.75) is 19.4 Å². The van der Waals surface area contributed by atoms with Gasteiger partial charge in [0.05, 0.1) is 17.6 Å². The van der Waals surface area contributed by atoms with Gasteiger partial charge in [0, 0.05) is 26.0 Å². The molecule has 2 aromatic rings. The van der Waals surface area contributed by atoms with Crippen molar-refractivity contribution in [1.29, 1.82) is 0 Å². The van der Waals surface area contributed by atoms with Crippen molar-refractivity contribution in [3.05, 3.63) is 42.5 Å². The molecule has 2 amide bonds. The number of amides is 2. The number of carbonyl (C=O) groups is 1. The number of aromatic nitrogens is 2. The normalized spacial score (nSPS) is 15.3. The Kier molecular flexibility index (Phi) is 4.87. The molecule has 23 heavy (non-hydrogen) atoms. The van der Waals surface area contributed by atoms with Crippen LogP contribution in [-0.2, 0) is 11.3 Å². The van der Waals surface area contributed by atoms with E-state index in [1.54, 1.807) is 24.5 Å². The van der Waals surface area contributed by atoms with Crippen LogP contribution in [0.5, 0.6) is 0 Å². The van der Waals surface area contributed by atoms with Crippen molar-refractivity contribution in [2.75, 3.05) is 23.8 Å². The van der Waals surface area contributed by atoms with Crippen molar-refractivity contribution in [2.24, 2.45) is 5.92 Å². The number of nitrogens with zero attached hydrogens (tertiary/aromatic N) is 2. The van der Waals surface area contributed by atoms with Gasteiger partial charge in [-0.05, 0) is 30.9 Å². The number of benzene rings is 1. The SMILES string of the molecule is O=C(Nc1cnn(CC2CCOCC2)c1)Nc1ccccc1F. The summed E-state index contributed by atoms with van der Waals surface area (Å²) >= 11 is 0. The Labute approximate surface area is 133 Å². The molecule has 1 aliphatic heterocycles. The zero-order valence-electron chi connectivity index (χ0n) is 12.7. The Bertz CT molecular complexity index is 668. The largest absolute Gasteiger partial charge is 0.381 e.